The number of nitrogens with zero attached hydrogens (tertiary/aromatic N) is 3. The highest BCUT2D eigenvalue weighted by Gasteiger charge is 2.31. The molecule has 1 aromatic rings. The smallest absolute Gasteiger partial charge is 0.224 e. The zero-order chi connectivity index (χ0) is 12.5. The quantitative estimate of drug-likeness (QED) is 0.849. The van der Waals surface area contributed by atoms with E-state index in [-0.39, 0.29) is 5.28 Å². The van der Waals surface area contributed by atoms with E-state index >= 15 is 0 Å². The Morgan fingerprint density at radius 2 is 2.17 bits per heavy atom. The first kappa shape index (κ1) is 12.5. The van der Waals surface area contributed by atoms with Crippen LogP contribution in [0.4, 0.5) is 5.82 Å². The highest BCUT2D eigenvalue weighted by atomic mass is 35.5. The summed E-state index contributed by atoms with van der Waals surface area (Å²) in [5.41, 5.74) is 0. The number of fused-ring (bicyclic) bond motifs is 1. The Morgan fingerprint density at radius 3 is 3.06 bits per heavy atom. The van der Waals surface area contributed by atoms with Gasteiger partial charge in [0.05, 0.1) is 6.20 Å². The van der Waals surface area contributed by atoms with Crippen LogP contribution in [0.15, 0.2) is 6.20 Å². The number of nitrogens with one attached hydrogen (secondary N) is 1. The maximum absolute atomic E-state index is 6.07. The molecule has 1 aromatic heterocycles. The van der Waals surface area contributed by atoms with Gasteiger partial charge >= 0.3 is 0 Å². The minimum Gasteiger partial charge on any atom is -0.366 e. The van der Waals surface area contributed by atoms with Gasteiger partial charge in [-0.25, -0.2) is 4.98 Å². The predicted octanol–water partition coefficient (Wildman–Crippen LogP) is 2.82. The summed E-state index contributed by atoms with van der Waals surface area (Å²) in [6.07, 6.45) is 6.49. The van der Waals surface area contributed by atoms with E-state index < -0.39 is 0 Å². The molecule has 3 heterocycles. The molecule has 3 rings (SSSR count). The fraction of sp³-hybridized carbons (Fsp3) is 0.667. The van der Waals surface area contributed by atoms with Crippen molar-refractivity contribution in [3.63, 3.8) is 0 Å². The molecule has 0 aromatic carbocycles. The van der Waals surface area contributed by atoms with Crippen LogP contribution in [-0.4, -0.2) is 40.0 Å². The summed E-state index contributed by atoms with van der Waals surface area (Å²) in [6.45, 7) is 2.43. The van der Waals surface area contributed by atoms with Crippen LogP contribution in [0.1, 0.15) is 25.7 Å². The van der Waals surface area contributed by atoms with E-state index in [2.05, 4.69) is 20.2 Å². The average molecular weight is 287 g/mol. The molecule has 18 heavy (non-hydrogen) atoms. The van der Waals surface area contributed by atoms with Crippen LogP contribution in [0, 0.1) is 0 Å². The number of aromatic nitrogens is 2. The molecule has 0 spiro atoms. The van der Waals surface area contributed by atoms with Gasteiger partial charge in [-0.1, -0.05) is 11.6 Å². The van der Waals surface area contributed by atoms with Gasteiger partial charge in [0.15, 0.2) is 0 Å². The largest absolute Gasteiger partial charge is 0.366 e. The predicted molar refractivity (Wildman–Crippen MR) is 73.3 cm³/mol. The minimum atomic E-state index is 0.236. The Hall–Kier alpha value is -0.580. The summed E-state index contributed by atoms with van der Waals surface area (Å²) in [5.74, 6) is 0.660. The SMILES string of the molecule is Clc1ncc(Cl)c(NC2CCN3CCCC3C2)n1. The molecule has 2 aliphatic rings. The number of anilines is 1. The molecule has 2 fully saturated rings. The molecule has 0 saturated carbocycles. The third kappa shape index (κ3) is 2.56. The number of hydrogen-bond donors (Lipinski definition) is 1. The van der Waals surface area contributed by atoms with Crippen LogP contribution in [0.2, 0.25) is 10.3 Å². The molecule has 2 atom stereocenters. The van der Waals surface area contributed by atoms with Crippen molar-refractivity contribution in [2.75, 3.05) is 18.4 Å². The molecule has 0 radical (unpaired) electrons. The van der Waals surface area contributed by atoms with Crippen molar-refractivity contribution in [3.8, 4) is 0 Å². The lowest BCUT2D eigenvalue weighted by molar-refractivity contribution is 0.188. The van der Waals surface area contributed by atoms with Crippen LogP contribution >= 0.6 is 23.2 Å². The van der Waals surface area contributed by atoms with Crippen LogP contribution in [0.3, 0.4) is 0 Å². The summed E-state index contributed by atoms with van der Waals surface area (Å²) < 4.78 is 0. The van der Waals surface area contributed by atoms with E-state index in [0.29, 0.717) is 16.9 Å². The van der Waals surface area contributed by atoms with Crippen LogP contribution < -0.4 is 5.32 Å². The van der Waals surface area contributed by atoms with Crippen molar-refractivity contribution in [1.29, 1.82) is 0 Å². The van der Waals surface area contributed by atoms with Crippen molar-refractivity contribution in [1.82, 2.24) is 14.9 Å². The molecule has 1 N–H and O–H groups in total. The Bertz CT molecular complexity index is 440. The maximum atomic E-state index is 6.07. The Morgan fingerprint density at radius 1 is 1.28 bits per heavy atom. The Balaban J connectivity index is 1.67. The van der Waals surface area contributed by atoms with Gasteiger partial charge < -0.3 is 10.2 Å². The molecule has 2 aliphatic heterocycles. The first-order chi connectivity index (χ1) is 8.72. The van der Waals surface area contributed by atoms with E-state index in [1.807, 2.05) is 0 Å². The van der Waals surface area contributed by atoms with Gasteiger partial charge in [0.2, 0.25) is 5.28 Å². The van der Waals surface area contributed by atoms with Crippen molar-refractivity contribution in [2.24, 2.45) is 0 Å². The lowest BCUT2D eigenvalue weighted by atomic mass is 9.97. The highest BCUT2D eigenvalue weighted by Crippen LogP contribution is 2.29. The second-order valence-electron chi connectivity index (χ2n) is 5.03. The molecule has 2 saturated heterocycles. The standard InChI is InChI=1S/C12H16Cl2N4/c13-10-7-15-12(14)17-11(10)16-8-3-5-18-4-1-2-9(18)6-8/h7-9H,1-6H2,(H,15,16,17). The number of hydrogen-bond acceptors (Lipinski definition) is 4. The van der Waals surface area contributed by atoms with Crippen molar-refractivity contribution in [2.45, 2.75) is 37.8 Å². The molecule has 0 amide bonds. The van der Waals surface area contributed by atoms with E-state index in [1.54, 1.807) is 6.20 Å². The number of halogens is 2. The van der Waals surface area contributed by atoms with E-state index in [0.717, 1.165) is 18.9 Å². The summed E-state index contributed by atoms with van der Waals surface area (Å²) in [7, 11) is 0. The average Bonchev–Trinajstić information content (AvgIpc) is 2.81. The number of piperidine rings is 1. The Kier molecular flexibility index (Phi) is 3.59. The maximum Gasteiger partial charge on any atom is 0.224 e. The molecule has 6 heteroatoms. The monoisotopic (exact) mass is 286 g/mol. The van der Waals surface area contributed by atoms with Crippen LogP contribution in [0.25, 0.3) is 0 Å². The zero-order valence-corrected chi connectivity index (χ0v) is 11.6. The normalized spacial score (nSPS) is 28.1. The third-order valence-electron chi connectivity index (χ3n) is 3.88. The summed E-state index contributed by atoms with van der Waals surface area (Å²) in [5, 5.41) is 4.18. The summed E-state index contributed by atoms with van der Waals surface area (Å²) in [6, 6.07) is 1.17. The van der Waals surface area contributed by atoms with Crippen molar-refractivity contribution in [3.05, 3.63) is 16.5 Å². The van der Waals surface area contributed by atoms with Crippen LogP contribution in [-0.2, 0) is 0 Å². The van der Waals surface area contributed by atoms with Gasteiger partial charge in [0.1, 0.15) is 10.8 Å². The minimum absolute atomic E-state index is 0.236. The van der Waals surface area contributed by atoms with E-state index in [9.17, 15) is 0 Å². The second kappa shape index (κ2) is 5.19. The van der Waals surface area contributed by atoms with Gasteiger partial charge in [0.25, 0.3) is 0 Å². The molecular formula is C12H16Cl2N4. The highest BCUT2D eigenvalue weighted by molar-refractivity contribution is 6.33. The number of rotatable bonds is 2. The molecule has 0 bridgehead atoms. The molecule has 98 valence electrons. The third-order valence-corrected chi connectivity index (χ3v) is 4.33. The summed E-state index contributed by atoms with van der Waals surface area (Å²) >= 11 is 11.9. The lowest BCUT2D eigenvalue weighted by Gasteiger charge is -2.35. The fourth-order valence-corrected chi connectivity index (χ4v) is 3.27. The van der Waals surface area contributed by atoms with Crippen molar-refractivity contribution >= 4 is 29.0 Å². The first-order valence-electron chi connectivity index (χ1n) is 6.41. The van der Waals surface area contributed by atoms with Gasteiger partial charge in [-0.05, 0) is 43.8 Å². The first-order valence-corrected chi connectivity index (χ1v) is 7.16. The Labute approximate surface area is 117 Å². The van der Waals surface area contributed by atoms with Gasteiger partial charge in [-0.2, -0.15) is 4.98 Å². The molecule has 0 aliphatic carbocycles. The van der Waals surface area contributed by atoms with E-state index in [1.165, 1.54) is 25.9 Å². The van der Waals surface area contributed by atoms with Crippen LogP contribution in [0.5, 0.6) is 0 Å². The second-order valence-corrected chi connectivity index (χ2v) is 5.78. The van der Waals surface area contributed by atoms with Gasteiger partial charge in [0, 0.05) is 18.6 Å². The zero-order valence-electron chi connectivity index (χ0n) is 10.1. The lowest BCUT2D eigenvalue weighted by Crippen LogP contribution is -2.42. The van der Waals surface area contributed by atoms with Crippen molar-refractivity contribution < 1.29 is 0 Å². The molecule has 4 nitrogen and oxygen atoms in total. The fourth-order valence-electron chi connectivity index (χ4n) is 3.00. The molecular weight excluding hydrogens is 271 g/mol. The topological polar surface area (TPSA) is 41.1 Å². The van der Waals surface area contributed by atoms with Gasteiger partial charge in [-0.15, -0.1) is 0 Å². The summed E-state index contributed by atoms with van der Waals surface area (Å²) in [4.78, 5) is 10.6. The van der Waals surface area contributed by atoms with E-state index in [4.69, 9.17) is 23.2 Å². The van der Waals surface area contributed by atoms with Gasteiger partial charge in [-0.3, -0.25) is 0 Å². The molecule has 2 unspecified atom stereocenters.